The lowest BCUT2D eigenvalue weighted by atomic mass is 9.88. The molecular weight excluding hydrogens is 452 g/mol. The molecule has 0 bridgehead atoms. The van der Waals surface area contributed by atoms with Gasteiger partial charge in [0.15, 0.2) is 0 Å². The highest BCUT2D eigenvalue weighted by molar-refractivity contribution is 6.00. The molecule has 3 aromatic rings. The Labute approximate surface area is 210 Å². The number of hydrogen-bond donors (Lipinski definition) is 1. The number of fused-ring (bicyclic) bond motifs is 4. The third kappa shape index (κ3) is 3.35. The molecule has 0 aromatic heterocycles. The highest BCUT2D eigenvalue weighted by Crippen LogP contribution is 2.44. The van der Waals surface area contributed by atoms with Crippen LogP contribution in [0.25, 0.3) is 11.1 Å². The van der Waals surface area contributed by atoms with Crippen molar-refractivity contribution in [1.29, 1.82) is 0 Å². The summed E-state index contributed by atoms with van der Waals surface area (Å²) in [5.74, 6) is 0.342. The number of hydrogen-bond acceptors (Lipinski definition) is 4. The molecule has 2 fully saturated rings. The van der Waals surface area contributed by atoms with Gasteiger partial charge < -0.3 is 19.6 Å². The molecule has 36 heavy (non-hydrogen) atoms. The molecule has 6 nitrogen and oxygen atoms in total. The zero-order valence-corrected chi connectivity index (χ0v) is 20.0. The maximum atomic E-state index is 13.5. The highest BCUT2D eigenvalue weighted by atomic mass is 16.5. The van der Waals surface area contributed by atoms with Crippen molar-refractivity contribution in [2.75, 3.05) is 24.5 Å². The van der Waals surface area contributed by atoms with E-state index in [0.29, 0.717) is 38.2 Å². The van der Waals surface area contributed by atoms with E-state index in [0.717, 1.165) is 17.7 Å². The summed E-state index contributed by atoms with van der Waals surface area (Å²) in [6.07, 6.45) is 1.65. The van der Waals surface area contributed by atoms with Gasteiger partial charge in [-0.1, -0.05) is 48.5 Å². The second kappa shape index (κ2) is 7.93. The van der Waals surface area contributed by atoms with Crippen LogP contribution in [0, 0.1) is 5.92 Å². The van der Waals surface area contributed by atoms with E-state index in [9.17, 15) is 14.7 Å². The molecular formula is C30H28N2O4. The van der Waals surface area contributed by atoms with E-state index in [1.54, 1.807) is 4.90 Å². The van der Waals surface area contributed by atoms with Crippen molar-refractivity contribution in [3.8, 4) is 16.9 Å². The first kappa shape index (κ1) is 21.6. The fourth-order valence-electron chi connectivity index (χ4n) is 6.55. The molecule has 4 aliphatic rings. The predicted octanol–water partition coefficient (Wildman–Crippen LogP) is 4.10. The van der Waals surface area contributed by atoms with E-state index in [-0.39, 0.29) is 24.2 Å². The molecule has 7 rings (SSSR count). The number of anilines is 1. The maximum Gasteiger partial charge on any atom is 0.228 e. The van der Waals surface area contributed by atoms with Crippen LogP contribution in [-0.4, -0.2) is 47.1 Å². The van der Waals surface area contributed by atoms with Crippen LogP contribution in [-0.2, 0) is 16.0 Å². The van der Waals surface area contributed by atoms with Crippen molar-refractivity contribution in [2.24, 2.45) is 5.92 Å². The largest absolute Gasteiger partial charge is 0.485 e. The van der Waals surface area contributed by atoms with Gasteiger partial charge in [-0.25, -0.2) is 0 Å². The van der Waals surface area contributed by atoms with E-state index >= 15 is 0 Å². The topological polar surface area (TPSA) is 70.1 Å². The summed E-state index contributed by atoms with van der Waals surface area (Å²) < 4.78 is 6.34. The third-order valence-corrected chi connectivity index (χ3v) is 8.36. The number of carbonyl (C=O) groups excluding carboxylic acids is 2. The van der Waals surface area contributed by atoms with Crippen LogP contribution in [0.3, 0.4) is 0 Å². The Kier molecular flexibility index (Phi) is 4.77. The summed E-state index contributed by atoms with van der Waals surface area (Å²) in [6, 6.07) is 22.2. The number of benzene rings is 3. The van der Waals surface area contributed by atoms with Gasteiger partial charge >= 0.3 is 0 Å². The number of nitrogens with zero attached hydrogens (tertiary/aromatic N) is 2. The number of aliphatic hydroxyl groups excluding tert-OH is 1. The standard InChI is InChI=1S/C30H28N2O4/c33-26-16-30(36-27-8-4-3-7-25(26)27)11-12-31(18-30)29(35)21-15-28(34)32(17-21)22-9-10-24-20(14-22)13-19-5-1-2-6-23(19)24/h1-10,14,21,26,33H,11-13,15-18H2. The number of likely N-dealkylation sites (tertiary alicyclic amines) is 1. The van der Waals surface area contributed by atoms with Gasteiger partial charge in [-0.05, 0) is 46.9 Å². The van der Waals surface area contributed by atoms with Crippen molar-refractivity contribution < 1.29 is 19.4 Å². The lowest BCUT2D eigenvalue weighted by molar-refractivity contribution is -0.135. The SMILES string of the molecule is O=C(C1CC(=O)N(c2ccc3c(c2)Cc2ccccc2-3)C1)N1CCC2(CC(O)c3ccccc3O2)C1. The van der Waals surface area contributed by atoms with Gasteiger partial charge in [0.1, 0.15) is 11.4 Å². The van der Waals surface area contributed by atoms with E-state index in [4.69, 9.17) is 4.74 Å². The molecule has 182 valence electrons. The molecule has 2 amide bonds. The average molecular weight is 481 g/mol. The smallest absolute Gasteiger partial charge is 0.228 e. The monoisotopic (exact) mass is 480 g/mol. The van der Waals surface area contributed by atoms with Crippen LogP contribution >= 0.6 is 0 Å². The summed E-state index contributed by atoms with van der Waals surface area (Å²) in [5, 5.41) is 10.7. The molecule has 2 saturated heterocycles. The Morgan fingerprint density at radius 1 is 1.00 bits per heavy atom. The molecule has 3 aromatic carbocycles. The minimum Gasteiger partial charge on any atom is -0.485 e. The van der Waals surface area contributed by atoms with Crippen LogP contribution < -0.4 is 9.64 Å². The Morgan fingerprint density at radius 3 is 2.72 bits per heavy atom. The van der Waals surface area contributed by atoms with Crippen molar-refractivity contribution >= 4 is 17.5 Å². The van der Waals surface area contributed by atoms with Gasteiger partial charge in [0.05, 0.1) is 18.6 Å². The number of ether oxygens (including phenoxy) is 1. The quantitative estimate of drug-likeness (QED) is 0.469. The van der Waals surface area contributed by atoms with Crippen LogP contribution in [0.15, 0.2) is 66.7 Å². The highest BCUT2D eigenvalue weighted by Gasteiger charge is 2.48. The normalized spacial score (nSPS) is 26.1. The Hall–Kier alpha value is -3.64. The predicted molar refractivity (Wildman–Crippen MR) is 136 cm³/mol. The van der Waals surface area contributed by atoms with Crippen molar-refractivity contribution in [2.45, 2.75) is 37.4 Å². The molecule has 0 radical (unpaired) electrons. The molecule has 6 heteroatoms. The minimum atomic E-state index is -0.598. The summed E-state index contributed by atoms with van der Waals surface area (Å²) in [7, 11) is 0. The van der Waals surface area contributed by atoms with Crippen LogP contribution in [0.5, 0.6) is 5.75 Å². The minimum absolute atomic E-state index is 0.00372. The first-order valence-electron chi connectivity index (χ1n) is 12.8. The van der Waals surface area contributed by atoms with E-state index in [1.807, 2.05) is 35.2 Å². The number of aliphatic hydroxyl groups is 1. The van der Waals surface area contributed by atoms with Gasteiger partial charge in [0, 0.05) is 43.6 Å². The second-order valence-electron chi connectivity index (χ2n) is 10.6. The van der Waals surface area contributed by atoms with E-state index < -0.39 is 11.7 Å². The zero-order chi connectivity index (χ0) is 24.4. The molecule has 3 unspecified atom stereocenters. The zero-order valence-electron chi connectivity index (χ0n) is 20.0. The summed E-state index contributed by atoms with van der Waals surface area (Å²) >= 11 is 0. The number of rotatable bonds is 2. The second-order valence-corrected chi connectivity index (χ2v) is 10.6. The molecule has 3 aliphatic heterocycles. The molecule has 1 N–H and O–H groups in total. The fraction of sp³-hybridized carbons (Fsp3) is 0.333. The van der Waals surface area contributed by atoms with Gasteiger partial charge in [-0.2, -0.15) is 0 Å². The van der Waals surface area contributed by atoms with Crippen LogP contribution in [0.1, 0.15) is 42.1 Å². The Morgan fingerprint density at radius 2 is 1.81 bits per heavy atom. The lowest BCUT2D eigenvalue weighted by Crippen LogP contribution is -2.45. The third-order valence-electron chi connectivity index (χ3n) is 8.36. The number of amides is 2. The van der Waals surface area contributed by atoms with E-state index in [2.05, 4.69) is 36.4 Å². The van der Waals surface area contributed by atoms with Gasteiger partial charge in [-0.15, -0.1) is 0 Å². The van der Waals surface area contributed by atoms with Gasteiger partial charge in [-0.3, -0.25) is 9.59 Å². The summed E-state index contributed by atoms with van der Waals surface area (Å²) in [5.41, 5.74) is 6.14. The fourth-order valence-corrected chi connectivity index (χ4v) is 6.55. The molecule has 1 aliphatic carbocycles. The lowest BCUT2D eigenvalue weighted by Gasteiger charge is -2.38. The summed E-state index contributed by atoms with van der Waals surface area (Å²) in [4.78, 5) is 30.1. The van der Waals surface area contributed by atoms with Crippen LogP contribution in [0.2, 0.25) is 0 Å². The van der Waals surface area contributed by atoms with Crippen molar-refractivity contribution in [3.63, 3.8) is 0 Å². The first-order valence-corrected chi connectivity index (χ1v) is 12.8. The van der Waals surface area contributed by atoms with Gasteiger partial charge in [0.25, 0.3) is 0 Å². The Balaban J connectivity index is 1.06. The molecule has 3 heterocycles. The van der Waals surface area contributed by atoms with Crippen molar-refractivity contribution in [1.82, 2.24) is 4.90 Å². The summed E-state index contributed by atoms with van der Waals surface area (Å²) in [6.45, 7) is 1.42. The maximum absolute atomic E-state index is 13.5. The number of carbonyl (C=O) groups is 2. The van der Waals surface area contributed by atoms with Crippen molar-refractivity contribution in [3.05, 3.63) is 83.4 Å². The van der Waals surface area contributed by atoms with E-state index in [1.165, 1.54) is 22.3 Å². The van der Waals surface area contributed by atoms with Crippen LogP contribution in [0.4, 0.5) is 5.69 Å². The Bertz CT molecular complexity index is 1400. The average Bonchev–Trinajstić information content (AvgIpc) is 3.58. The molecule has 1 spiro atoms. The first-order chi connectivity index (χ1) is 17.5. The molecule has 0 saturated carbocycles. The molecule has 3 atom stereocenters. The number of para-hydroxylation sites is 1. The van der Waals surface area contributed by atoms with Gasteiger partial charge in [0.2, 0.25) is 11.8 Å².